The van der Waals surface area contributed by atoms with Crippen molar-refractivity contribution in [3.8, 4) is 0 Å². The summed E-state index contributed by atoms with van der Waals surface area (Å²) < 4.78 is 70.6. The van der Waals surface area contributed by atoms with Crippen molar-refractivity contribution in [2.24, 2.45) is 5.73 Å². The second-order valence-electron chi connectivity index (χ2n) is 7.99. The second-order valence-corrected chi connectivity index (χ2v) is 9.17. The zero-order valence-electron chi connectivity index (χ0n) is 17.4. The first-order valence-electron chi connectivity index (χ1n) is 10.1. The van der Waals surface area contributed by atoms with Gasteiger partial charge in [-0.3, -0.25) is 9.69 Å². The molecule has 4 rings (SSSR count). The number of nitrogens with two attached hydrogens (primary N) is 1. The topological polar surface area (TPSA) is 80.5 Å². The molecule has 0 bridgehead atoms. The first-order valence-corrected chi connectivity index (χ1v) is 11.0. The molecule has 2 aliphatic heterocycles. The predicted octanol–water partition coefficient (Wildman–Crippen LogP) is 3.71. The van der Waals surface area contributed by atoms with Crippen LogP contribution in [-0.4, -0.2) is 59.1 Å². The van der Waals surface area contributed by atoms with E-state index in [0.717, 1.165) is 11.8 Å². The molecule has 12 heteroatoms. The molecule has 2 aromatic rings. The minimum absolute atomic E-state index is 0.0335. The van der Waals surface area contributed by atoms with E-state index in [1.54, 1.807) is 30.0 Å². The van der Waals surface area contributed by atoms with E-state index in [2.05, 4.69) is 10.3 Å². The zero-order valence-corrected chi connectivity index (χ0v) is 18.2. The highest BCUT2D eigenvalue weighted by atomic mass is 32.2. The van der Waals surface area contributed by atoms with Gasteiger partial charge >= 0.3 is 6.18 Å². The second kappa shape index (κ2) is 9.07. The van der Waals surface area contributed by atoms with Crippen LogP contribution in [0.2, 0.25) is 0 Å². The molecule has 1 amide bonds. The fraction of sp³-hybridized carbons (Fsp3) is 0.429. The molecule has 6 nitrogen and oxygen atoms in total. The maximum absolute atomic E-state index is 13.2. The van der Waals surface area contributed by atoms with Crippen molar-refractivity contribution in [2.75, 3.05) is 13.1 Å². The van der Waals surface area contributed by atoms with Crippen LogP contribution >= 0.6 is 11.8 Å². The number of benzene rings is 1. The molecule has 0 saturated carbocycles. The smallest absolute Gasteiger partial charge is 0.373 e. The van der Waals surface area contributed by atoms with Gasteiger partial charge in [0.15, 0.2) is 6.10 Å². The number of alkyl halides is 5. The molecule has 1 unspecified atom stereocenters. The standard InChI is InChI=1S/C21H21F5N4O2S/c1-10-7-30(9-17(32-10)21(24,25)26)8-11-2-3-12-13(16-6-28-20(33-16)18(22)23)5-15(19(27)31)29-14(12)4-11/h2-6,10,17-18,20,28H,7-9H2,1H3,(H2,27,31)/t10-,17-,20?/m1/s1. The average Bonchev–Trinajstić information content (AvgIpc) is 3.22. The highest BCUT2D eigenvalue weighted by molar-refractivity contribution is 8.09. The number of amides is 1. The molecule has 178 valence electrons. The Balaban J connectivity index is 1.64. The first kappa shape index (κ1) is 23.7. The van der Waals surface area contributed by atoms with Gasteiger partial charge in [-0.2, -0.15) is 13.2 Å². The molecule has 3 N–H and O–H groups in total. The summed E-state index contributed by atoms with van der Waals surface area (Å²) in [4.78, 5) is 18.3. The van der Waals surface area contributed by atoms with Crippen molar-refractivity contribution in [3.05, 3.63) is 47.3 Å². The van der Waals surface area contributed by atoms with Crippen LogP contribution in [0, 0.1) is 0 Å². The van der Waals surface area contributed by atoms with Gasteiger partial charge in [-0.15, -0.1) is 0 Å². The Morgan fingerprint density at radius 2 is 2.09 bits per heavy atom. The number of hydrogen-bond acceptors (Lipinski definition) is 6. The van der Waals surface area contributed by atoms with Gasteiger partial charge in [-0.1, -0.05) is 23.9 Å². The lowest BCUT2D eigenvalue weighted by Crippen LogP contribution is -2.51. The summed E-state index contributed by atoms with van der Waals surface area (Å²) in [6.07, 6.45) is -8.04. The largest absolute Gasteiger partial charge is 0.415 e. The Hall–Kier alpha value is -2.44. The molecule has 0 aliphatic carbocycles. The highest BCUT2D eigenvalue weighted by Gasteiger charge is 2.44. The summed E-state index contributed by atoms with van der Waals surface area (Å²) in [6.45, 7) is 1.84. The number of pyridine rings is 1. The van der Waals surface area contributed by atoms with Gasteiger partial charge in [0.25, 0.3) is 12.3 Å². The number of primary amides is 1. The number of halogens is 5. The zero-order chi connectivity index (χ0) is 23.9. The van der Waals surface area contributed by atoms with Crippen LogP contribution in [0.15, 0.2) is 30.5 Å². The molecule has 1 saturated heterocycles. The van der Waals surface area contributed by atoms with Crippen LogP contribution in [0.3, 0.4) is 0 Å². The first-order chi connectivity index (χ1) is 15.5. The lowest BCUT2D eigenvalue weighted by atomic mass is 10.0. The third-order valence-corrected chi connectivity index (χ3v) is 6.55. The molecule has 1 aromatic carbocycles. The van der Waals surface area contributed by atoms with Gasteiger partial charge in [-0.05, 0) is 24.6 Å². The molecule has 0 spiro atoms. The monoisotopic (exact) mass is 488 g/mol. The molecule has 3 atom stereocenters. The summed E-state index contributed by atoms with van der Waals surface area (Å²) >= 11 is 0.934. The number of aromatic nitrogens is 1. The van der Waals surface area contributed by atoms with Gasteiger partial charge in [0.05, 0.1) is 11.6 Å². The molecule has 2 aliphatic rings. The van der Waals surface area contributed by atoms with Crippen molar-refractivity contribution in [3.63, 3.8) is 0 Å². The maximum Gasteiger partial charge on any atom is 0.415 e. The fourth-order valence-electron chi connectivity index (χ4n) is 3.94. The van der Waals surface area contributed by atoms with Gasteiger partial charge in [0.1, 0.15) is 11.1 Å². The fourth-order valence-corrected chi connectivity index (χ4v) is 4.88. The van der Waals surface area contributed by atoms with E-state index in [4.69, 9.17) is 10.5 Å². The molecular weight excluding hydrogens is 467 g/mol. The molecule has 1 fully saturated rings. The Kier molecular flexibility index (Phi) is 6.52. The number of carbonyl (C=O) groups excluding carboxylic acids is 1. The normalized spacial score (nSPS) is 24.2. The quantitative estimate of drug-likeness (QED) is 0.625. The van der Waals surface area contributed by atoms with E-state index in [0.29, 0.717) is 33.5 Å². The summed E-state index contributed by atoms with van der Waals surface area (Å²) in [6, 6.07) is 6.60. The Morgan fingerprint density at radius 3 is 2.73 bits per heavy atom. The van der Waals surface area contributed by atoms with Gasteiger partial charge in [0.2, 0.25) is 0 Å². The minimum Gasteiger partial charge on any atom is -0.373 e. The minimum atomic E-state index is -4.46. The Morgan fingerprint density at radius 1 is 1.33 bits per heavy atom. The van der Waals surface area contributed by atoms with Gasteiger partial charge < -0.3 is 15.8 Å². The van der Waals surface area contributed by atoms with Crippen molar-refractivity contribution in [1.29, 1.82) is 0 Å². The number of carbonyl (C=O) groups is 1. The molecule has 33 heavy (non-hydrogen) atoms. The van der Waals surface area contributed by atoms with E-state index in [1.807, 2.05) is 0 Å². The number of hydrogen-bond donors (Lipinski definition) is 2. The number of thioether (sulfide) groups is 1. The summed E-state index contributed by atoms with van der Waals surface area (Å²) in [7, 11) is 0. The van der Waals surface area contributed by atoms with Crippen molar-refractivity contribution < 1.29 is 31.5 Å². The number of nitrogens with zero attached hydrogens (tertiary/aromatic N) is 2. The van der Waals surface area contributed by atoms with E-state index in [9.17, 15) is 26.7 Å². The van der Waals surface area contributed by atoms with E-state index in [-0.39, 0.29) is 18.8 Å². The van der Waals surface area contributed by atoms with Crippen molar-refractivity contribution in [1.82, 2.24) is 15.2 Å². The van der Waals surface area contributed by atoms with Gasteiger partial charge in [-0.25, -0.2) is 13.8 Å². The predicted molar refractivity (Wildman–Crippen MR) is 114 cm³/mol. The molecule has 0 radical (unpaired) electrons. The van der Waals surface area contributed by atoms with Crippen LogP contribution in [0.25, 0.3) is 15.8 Å². The summed E-state index contributed by atoms with van der Waals surface area (Å²) in [5, 5.41) is 2.11. The van der Waals surface area contributed by atoms with E-state index in [1.165, 1.54) is 12.3 Å². The lowest BCUT2D eigenvalue weighted by Gasteiger charge is -2.37. The van der Waals surface area contributed by atoms with Crippen molar-refractivity contribution in [2.45, 2.75) is 43.7 Å². The molecule has 1 aromatic heterocycles. The third kappa shape index (κ3) is 5.22. The summed E-state index contributed by atoms with van der Waals surface area (Å²) in [5.41, 5.74) is 6.99. The number of fused-ring (bicyclic) bond motifs is 1. The number of ether oxygens (including phenoxy) is 1. The summed E-state index contributed by atoms with van der Waals surface area (Å²) in [5.74, 6) is -0.777. The number of rotatable bonds is 5. The highest BCUT2D eigenvalue weighted by Crippen LogP contribution is 2.40. The number of morpholine rings is 1. The van der Waals surface area contributed by atoms with Crippen LogP contribution < -0.4 is 11.1 Å². The third-order valence-electron chi connectivity index (χ3n) is 5.36. The maximum atomic E-state index is 13.2. The molecule has 3 heterocycles. The van der Waals surface area contributed by atoms with Crippen molar-refractivity contribution >= 4 is 33.5 Å². The SMILES string of the molecule is C[C@@H]1CN(Cc2ccc3c(C4=CNC(C(F)F)S4)cc(C(N)=O)nc3c2)C[C@H](C(F)(F)F)O1. The Bertz CT molecular complexity index is 1090. The van der Waals surface area contributed by atoms with E-state index >= 15 is 0 Å². The molecular formula is C21H21F5N4O2S. The van der Waals surface area contributed by atoms with Gasteiger partial charge in [0, 0.05) is 41.7 Å². The van der Waals surface area contributed by atoms with E-state index < -0.39 is 36.1 Å². The van der Waals surface area contributed by atoms with Crippen LogP contribution in [0.4, 0.5) is 22.0 Å². The Labute approximate surface area is 190 Å². The van der Waals surface area contributed by atoms with Crippen LogP contribution in [0.5, 0.6) is 0 Å². The number of nitrogens with one attached hydrogen (secondary N) is 1. The lowest BCUT2D eigenvalue weighted by molar-refractivity contribution is -0.252. The van der Waals surface area contributed by atoms with Crippen LogP contribution in [0.1, 0.15) is 28.5 Å². The average molecular weight is 488 g/mol. The van der Waals surface area contributed by atoms with Crippen LogP contribution in [-0.2, 0) is 11.3 Å².